The summed E-state index contributed by atoms with van der Waals surface area (Å²) in [6, 6.07) is 0.0560. The van der Waals surface area contributed by atoms with Crippen molar-refractivity contribution in [1.29, 1.82) is 0 Å². The van der Waals surface area contributed by atoms with Crippen molar-refractivity contribution in [1.82, 2.24) is 25.4 Å². The maximum absolute atomic E-state index is 11.9. The van der Waals surface area contributed by atoms with E-state index in [2.05, 4.69) is 25.7 Å². The van der Waals surface area contributed by atoms with Crippen LogP contribution in [-0.4, -0.2) is 71.2 Å². The molecule has 1 aliphatic heterocycles. The average Bonchev–Trinajstić information content (AvgIpc) is 3.01. The van der Waals surface area contributed by atoms with Crippen molar-refractivity contribution in [3.8, 4) is 0 Å². The van der Waals surface area contributed by atoms with Crippen LogP contribution in [0.1, 0.15) is 20.8 Å². The standard InChI is InChI=1S/C15H26N6O3S/c1-4-21-14(20-5-7-24-8-6-20)18-19-15(21)25-10-13(23)16-9-12(22)17-11(2)3/h11H,4-10H2,1-3H3,(H,16,23)(H,17,22). The lowest BCUT2D eigenvalue weighted by Crippen LogP contribution is -2.40. The number of hydrogen-bond acceptors (Lipinski definition) is 7. The minimum Gasteiger partial charge on any atom is -0.378 e. The first-order valence-electron chi connectivity index (χ1n) is 8.46. The van der Waals surface area contributed by atoms with Gasteiger partial charge in [-0.15, -0.1) is 10.2 Å². The van der Waals surface area contributed by atoms with Gasteiger partial charge in [0, 0.05) is 25.7 Å². The Hall–Kier alpha value is -1.81. The largest absolute Gasteiger partial charge is 0.378 e. The second-order valence-electron chi connectivity index (χ2n) is 5.91. The third-order valence-corrected chi connectivity index (χ3v) is 4.50. The minimum atomic E-state index is -0.206. The monoisotopic (exact) mass is 370 g/mol. The van der Waals surface area contributed by atoms with Crippen molar-refractivity contribution in [2.24, 2.45) is 0 Å². The van der Waals surface area contributed by atoms with Gasteiger partial charge < -0.3 is 20.3 Å². The second kappa shape index (κ2) is 9.62. The van der Waals surface area contributed by atoms with Gasteiger partial charge in [-0.05, 0) is 20.8 Å². The molecule has 0 unspecified atom stereocenters. The summed E-state index contributed by atoms with van der Waals surface area (Å²) in [6.45, 7) is 9.41. The summed E-state index contributed by atoms with van der Waals surface area (Å²) in [5, 5.41) is 14.5. The summed E-state index contributed by atoms with van der Waals surface area (Å²) < 4.78 is 7.36. The molecule has 1 fully saturated rings. The first kappa shape index (κ1) is 19.5. The van der Waals surface area contributed by atoms with E-state index in [1.165, 1.54) is 11.8 Å². The Morgan fingerprint density at radius 1 is 1.24 bits per heavy atom. The number of carbonyl (C=O) groups is 2. The van der Waals surface area contributed by atoms with Crippen LogP contribution in [0.15, 0.2) is 5.16 Å². The van der Waals surface area contributed by atoms with E-state index in [0.717, 1.165) is 25.6 Å². The highest BCUT2D eigenvalue weighted by Crippen LogP contribution is 2.22. The number of thioether (sulfide) groups is 1. The van der Waals surface area contributed by atoms with E-state index in [1.54, 1.807) is 0 Å². The van der Waals surface area contributed by atoms with Crippen molar-refractivity contribution in [2.75, 3.05) is 43.5 Å². The molecule has 1 aromatic rings. The van der Waals surface area contributed by atoms with E-state index in [0.29, 0.717) is 18.4 Å². The summed E-state index contributed by atoms with van der Waals surface area (Å²) in [4.78, 5) is 25.6. The van der Waals surface area contributed by atoms with Gasteiger partial charge in [0.15, 0.2) is 5.16 Å². The van der Waals surface area contributed by atoms with Gasteiger partial charge in [0.25, 0.3) is 0 Å². The summed E-state index contributed by atoms with van der Waals surface area (Å²) in [5.74, 6) is 0.600. The molecule has 2 rings (SSSR count). The summed E-state index contributed by atoms with van der Waals surface area (Å²) >= 11 is 1.32. The van der Waals surface area contributed by atoms with Gasteiger partial charge in [0.1, 0.15) is 0 Å². The van der Waals surface area contributed by atoms with Gasteiger partial charge in [0.05, 0.1) is 25.5 Å². The fourth-order valence-electron chi connectivity index (χ4n) is 2.39. The molecule has 0 aromatic carbocycles. The number of nitrogens with one attached hydrogen (secondary N) is 2. The van der Waals surface area contributed by atoms with Crippen molar-refractivity contribution in [3.63, 3.8) is 0 Å². The number of carbonyl (C=O) groups excluding carboxylic acids is 2. The first-order chi connectivity index (χ1) is 12.0. The molecule has 0 bridgehead atoms. The van der Waals surface area contributed by atoms with Crippen LogP contribution in [0, 0.1) is 0 Å². The lowest BCUT2D eigenvalue weighted by atomic mass is 10.4. The van der Waals surface area contributed by atoms with Crippen LogP contribution < -0.4 is 15.5 Å². The molecule has 2 N–H and O–H groups in total. The number of morpholine rings is 1. The average molecular weight is 370 g/mol. The Balaban J connectivity index is 1.84. The predicted molar refractivity (Wildman–Crippen MR) is 95.7 cm³/mol. The third kappa shape index (κ3) is 5.89. The zero-order valence-electron chi connectivity index (χ0n) is 14.9. The van der Waals surface area contributed by atoms with Crippen molar-refractivity contribution >= 4 is 29.5 Å². The first-order valence-corrected chi connectivity index (χ1v) is 9.44. The molecule has 0 atom stereocenters. The quantitative estimate of drug-likeness (QED) is 0.615. The lowest BCUT2D eigenvalue weighted by Gasteiger charge is -2.27. The highest BCUT2D eigenvalue weighted by molar-refractivity contribution is 7.99. The van der Waals surface area contributed by atoms with Gasteiger partial charge in [-0.25, -0.2) is 0 Å². The number of anilines is 1. The van der Waals surface area contributed by atoms with Crippen LogP contribution in [0.3, 0.4) is 0 Å². The molecule has 1 saturated heterocycles. The Morgan fingerprint density at radius 3 is 2.60 bits per heavy atom. The Kier molecular flexibility index (Phi) is 7.51. The molecule has 1 aliphatic rings. The fraction of sp³-hybridized carbons (Fsp3) is 0.733. The zero-order chi connectivity index (χ0) is 18.2. The molecule has 10 heteroatoms. The number of amides is 2. The Labute approximate surface area is 151 Å². The summed E-state index contributed by atoms with van der Waals surface area (Å²) in [5.41, 5.74) is 0. The number of nitrogens with zero attached hydrogens (tertiary/aromatic N) is 4. The van der Waals surface area contributed by atoms with Gasteiger partial charge in [-0.3, -0.25) is 14.2 Å². The molecule has 0 saturated carbocycles. The van der Waals surface area contributed by atoms with Crippen LogP contribution in [0.25, 0.3) is 0 Å². The lowest BCUT2D eigenvalue weighted by molar-refractivity contribution is -0.125. The van der Waals surface area contributed by atoms with E-state index in [4.69, 9.17) is 4.74 Å². The minimum absolute atomic E-state index is 0.0168. The van der Waals surface area contributed by atoms with Crippen LogP contribution >= 0.6 is 11.8 Å². The smallest absolute Gasteiger partial charge is 0.239 e. The van der Waals surface area contributed by atoms with Crippen molar-refractivity contribution in [3.05, 3.63) is 0 Å². The van der Waals surface area contributed by atoms with Gasteiger partial charge in [-0.2, -0.15) is 0 Å². The number of ether oxygens (including phenoxy) is 1. The molecule has 9 nitrogen and oxygen atoms in total. The molecule has 0 aliphatic carbocycles. The number of aromatic nitrogens is 3. The molecule has 2 amide bonds. The van der Waals surface area contributed by atoms with Gasteiger partial charge >= 0.3 is 0 Å². The van der Waals surface area contributed by atoms with Crippen LogP contribution in [0.4, 0.5) is 5.95 Å². The number of hydrogen-bond donors (Lipinski definition) is 2. The van der Waals surface area contributed by atoms with Gasteiger partial charge in [0.2, 0.25) is 17.8 Å². The maximum Gasteiger partial charge on any atom is 0.239 e. The Bertz CT molecular complexity index is 586. The maximum atomic E-state index is 11.9. The predicted octanol–water partition coefficient (Wildman–Crippen LogP) is -0.132. The van der Waals surface area contributed by atoms with E-state index in [-0.39, 0.29) is 30.2 Å². The summed E-state index contributed by atoms with van der Waals surface area (Å²) in [6.07, 6.45) is 0. The van der Waals surface area contributed by atoms with Crippen LogP contribution in [0.5, 0.6) is 0 Å². The molecule has 2 heterocycles. The topological polar surface area (TPSA) is 101 Å². The molecule has 1 aromatic heterocycles. The number of rotatable bonds is 8. The van der Waals surface area contributed by atoms with Crippen molar-refractivity contribution in [2.45, 2.75) is 38.5 Å². The highest BCUT2D eigenvalue weighted by atomic mass is 32.2. The van der Waals surface area contributed by atoms with E-state index < -0.39 is 0 Å². The normalized spacial score (nSPS) is 14.6. The SMILES string of the molecule is CCn1c(SCC(=O)NCC(=O)NC(C)C)nnc1N1CCOCC1. The van der Waals surface area contributed by atoms with Crippen molar-refractivity contribution < 1.29 is 14.3 Å². The summed E-state index contributed by atoms with van der Waals surface area (Å²) in [7, 11) is 0. The Morgan fingerprint density at radius 2 is 1.96 bits per heavy atom. The molecule has 0 spiro atoms. The van der Waals surface area contributed by atoms with Gasteiger partial charge in [-0.1, -0.05) is 11.8 Å². The second-order valence-corrected chi connectivity index (χ2v) is 6.86. The molecule has 140 valence electrons. The van der Waals surface area contributed by atoms with E-state index in [1.807, 2.05) is 25.3 Å². The molecule has 0 radical (unpaired) electrons. The molecule has 25 heavy (non-hydrogen) atoms. The molecular formula is C15H26N6O3S. The zero-order valence-corrected chi connectivity index (χ0v) is 15.8. The highest BCUT2D eigenvalue weighted by Gasteiger charge is 2.20. The van der Waals surface area contributed by atoms with Crippen LogP contribution in [-0.2, 0) is 20.9 Å². The third-order valence-electron chi connectivity index (χ3n) is 3.54. The molecular weight excluding hydrogens is 344 g/mol. The van der Waals surface area contributed by atoms with Crippen LogP contribution in [0.2, 0.25) is 0 Å². The van der Waals surface area contributed by atoms with E-state index >= 15 is 0 Å². The van der Waals surface area contributed by atoms with E-state index in [9.17, 15) is 9.59 Å². The fourth-order valence-corrected chi connectivity index (χ4v) is 3.22.